The van der Waals surface area contributed by atoms with Gasteiger partial charge in [0.15, 0.2) is 5.78 Å². The monoisotopic (exact) mass is 402 g/mol. The van der Waals surface area contributed by atoms with Crippen LogP contribution in [0.3, 0.4) is 0 Å². The maximum Gasteiger partial charge on any atom is 0.164 e. The lowest BCUT2D eigenvalue weighted by atomic mass is 9.93. The maximum absolute atomic E-state index is 12.9. The first-order chi connectivity index (χ1) is 14.7. The van der Waals surface area contributed by atoms with Crippen LogP contribution in [0.1, 0.15) is 36.2 Å². The second-order valence-electron chi connectivity index (χ2n) is 7.72. The number of ketones is 1. The molecule has 3 aromatic carbocycles. The third-order valence-corrected chi connectivity index (χ3v) is 6.07. The zero-order valence-corrected chi connectivity index (χ0v) is 18.1. The molecule has 0 aliphatic carbocycles. The summed E-state index contributed by atoms with van der Waals surface area (Å²) in [6, 6.07) is 19.4. The Bertz CT molecular complexity index is 1060. The van der Waals surface area contributed by atoms with Crippen molar-refractivity contribution >= 4 is 16.6 Å². The van der Waals surface area contributed by atoms with E-state index in [9.17, 15) is 4.79 Å². The predicted molar refractivity (Wildman–Crippen MR) is 123 cm³/mol. The normalized spacial score (nSPS) is 16.8. The minimum Gasteiger partial charge on any atom is -0.497 e. The van der Waals surface area contributed by atoms with Gasteiger partial charge in [-0.2, -0.15) is 0 Å². The molecule has 0 atom stereocenters. The molecule has 2 heterocycles. The summed E-state index contributed by atoms with van der Waals surface area (Å²) in [5, 5.41) is 5.65. The van der Waals surface area contributed by atoms with Crippen LogP contribution in [0.4, 0.5) is 0 Å². The van der Waals surface area contributed by atoms with Crippen molar-refractivity contribution in [2.45, 2.75) is 32.9 Å². The van der Waals surface area contributed by atoms with Crippen LogP contribution in [0.25, 0.3) is 21.9 Å². The van der Waals surface area contributed by atoms with Crippen LogP contribution in [-0.4, -0.2) is 43.5 Å². The molecule has 30 heavy (non-hydrogen) atoms. The molecule has 0 spiro atoms. The molecule has 0 unspecified atom stereocenters. The predicted octanol–water partition coefficient (Wildman–Crippen LogP) is 4.90. The van der Waals surface area contributed by atoms with Gasteiger partial charge in [0.1, 0.15) is 5.75 Å². The van der Waals surface area contributed by atoms with Gasteiger partial charge in [-0.15, -0.1) is 0 Å². The molecule has 5 rings (SSSR count). The number of methoxy groups -OCH3 is 1. The zero-order chi connectivity index (χ0) is 21.1. The highest BCUT2D eigenvalue weighted by Crippen LogP contribution is 2.35. The number of benzene rings is 3. The summed E-state index contributed by atoms with van der Waals surface area (Å²) in [6.07, 6.45) is 0.589. The van der Waals surface area contributed by atoms with Crippen molar-refractivity contribution in [3.63, 3.8) is 0 Å². The van der Waals surface area contributed by atoms with E-state index in [0.717, 1.165) is 59.6 Å². The summed E-state index contributed by atoms with van der Waals surface area (Å²) in [6.45, 7) is 7.75. The number of hydrogen-bond donors (Lipinski definition) is 1. The van der Waals surface area contributed by atoms with E-state index in [1.807, 2.05) is 19.9 Å². The third-order valence-electron chi connectivity index (χ3n) is 6.07. The van der Waals surface area contributed by atoms with Gasteiger partial charge in [0.25, 0.3) is 0 Å². The number of rotatable bonds is 3. The van der Waals surface area contributed by atoms with Crippen LogP contribution in [0.15, 0.2) is 54.6 Å². The first-order valence-corrected chi connectivity index (χ1v) is 10.9. The van der Waals surface area contributed by atoms with Gasteiger partial charge in [-0.1, -0.05) is 50.2 Å². The molecule has 4 nitrogen and oxygen atoms in total. The fourth-order valence-electron chi connectivity index (χ4n) is 4.30. The van der Waals surface area contributed by atoms with Gasteiger partial charge in [-0.25, -0.2) is 0 Å². The van der Waals surface area contributed by atoms with Crippen molar-refractivity contribution in [3.05, 3.63) is 65.7 Å². The summed E-state index contributed by atoms with van der Waals surface area (Å²) in [5.74, 6) is 1.08. The first-order valence-electron chi connectivity index (χ1n) is 10.9. The highest BCUT2D eigenvalue weighted by Gasteiger charge is 2.29. The molecule has 3 aromatic rings. The van der Waals surface area contributed by atoms with Gasteiger partial charge in [-0.3, -0.25) is 9.69 Å². The molecule has 0 saturated carbocycles. The molecule has 2 aliphatic heterocycles. The van der Waals surface area contributed by atoms with Crippen LogP contribution in [-0.2, 0) is 6.54 Å². The average molecular weight is 403 g/mol. The Morgan fingerprint density at radius 1 is 1.00 bits per heavy atom. The average Bonchev–Trinajstić information content (AvgIpc) is 2.92. The van der Waals surface area contributed by atoms with Gasteiger partial charge >= 0.3 is 0 Å². The number of Topliss-reactive ketones (excluding diaryl/α,β-unsaturated/α-hetero) is 1. The van der Waals surface area contributed by atoms with Crippen molar-refractivity contribution in [1.82, 2.24) is 10.2 Å². The Morgan fingerprint density at radius 3 is 2.53 bits per heavy atom. The lowest BCUT2D eigenvalue weighted by molar-refractivity contribution is 0.0943. The number of ether oxygens (including phenoxy) is 1. The van der Waals surface area contributed by atoms with Crippen LogP contribution < -0.4 is 10.1 Å². The van der Waals surface area contributed by atoms with Crippen LogP contribution in [0.5, 0.6) is 5.75 Å². The van der Waals surface area contributed by atoms with Gasteiger partial charge < -0.3 is 10.1 Å². The Morgan fingerprint density at radius 2 is 1.80 bits per heavy atom. The molecule has 4 heteroatoms. The Hall–Kier alpha value is -2.69. The van der Waals surface area contributed by atoms with Crippen molar-refractivity contribution < 1.29 is 9.53 Å². The minimum atomic E-state index is 0.249. The summed E-state index contributed by atoms with van der Waals surface area (Å²) >= 11 is 0. The second kappa shape index (κ2) is 8.99. The number of nitrogens with zero attached hydrogens (tertiary/aromatic N) is 1. The first kappa shape index (κ1) is 20.6. The summed E-state index contributed by atoms with van der Waals surface area (Å²) < 4.78 is 5.52. The number of hydrogen-bond acceptors (Lipinski definition) is 4. The fourth-order valence-corrected chi connectivity index (χ4v) is 4.30. The summed E-state index contributed by atoms with van der Waals surface area (Å²) in [5.41, 5.74) is 4.19. The molecular formula is C26H30N2O2. The zero-order valence-electron chi connectivity index (χ0n) is 18.1. The summed E-state index contributed by atoms with van der Waals surface area (Å²) in [7, 11) is 1.69. The quantitative estimate of drug-likeness (QED) is 0.676. The van der Waals surface area contributed by atoms with Crippen molar-refractivity contribution in [2.75, 3.05) is 26.7 Å². The molecule has 1 saturated heterocycles. The van der Waals surface area contributed by atoms with Gasteiger partial charge in [0.2, 0.25) is 0 Å². The van der Waals surface area contributed by atoms with Crippen molar-refractivity contribution in [3.8, 4) is 16.9 Å². The molecule has 2 aliphatic rings. The highest BCUT2D eigenvalue weighted by atomic mass is 16.5. The van der Waals surface area contributed by atoms with Crippen molar-refractivity contribution in [2.24, 2.45) is 0 Å². The van der Waals surface area contributed by atoms with Crippen LogP contribution in [0, 0.1) is 0 Å². The molecule has 0 aromatic heterocycles. The highest BCUT2D eigenvalue weighted by molar-refractivity contribution is 6.02. The number of fused-ring (bicyclic) bond motifs is 2. The lowest BCUT2D eigenvalue weighted by Gasteiger charge is -2.37. The van der Waals surface area contributed by atoms with Gasteiger partial charge in [0, 0.05) is 44.2 Å². The lowest BCUT2D eigenvalue weighted by Crippen LogP contribution is -2.56. The molecule has 0 amide bonds. The van der Waals surface area contributed by atoms with E-state index >= 15 is 0 Å². The Balaban J connectivity index is 0.00000106. The SMILES string of the molecule is CC.COc1cc(-c2ccc3c(c2)C(=O)CCN(C2CNC2)C3)c2ccccc2c1. The molecule has 0 bridgehead atoms. The molecule has 1 N–H and O–H groups in total. The van der Waals surface area contributed by atoms with E-state index in [1.165, 1.54) is 5.39 Å². The van der Waals surface area contributed by atoms with Crippen LogP contribution in [0.2, 0.25) is 0 Å². The third kappa shape index (κ3) is 3.85. The number of carbonyl (C=O) groups excluding carboxylic acids is 1. The van der Waals surface area contributed by atoms with E-state index in [1.54, 1.807) is 7.11 Å². The second-order valence-corrected chi connectivity index (χ2v) is 7.72. The van der Waals surface area contributed by atoms with E-state index in [2.05, 4.69) is 58.7 Å². The van der Waals surface area contributed by atoms with Gasteiger partial charge in [-0.05, 0) is 45.7 Å². The van der Waals surface area contributed by atoms with E-state index < -0.39 is 0 Å². The molecular weight excluding hydrogens is 372 g/mol. The van der Waals surface area contributed by atoms with Gasteiger partial charge in [0.05, 0.1) is 7.11 Å². The largest absolute Gasteiger partial charge is 0.497 e. The Labute approximate surface area is 178 Å². The number of carbonyl (C=O) groups is 1. The molecule has 1 fully saturated rings. The van der Waals surface area contributed by atoms with Crippen LogP contribution >= 0.6 is 0 Å². The maximum atomic E-state index is 12.9. The molecule has 156 valence electrons. The van der Waals surface area contributed by atoms with E-state index in [0.29, 0.717) is 12.5 Å². The van der Waals surface area contributed by atoms with E-state index in [4.69, 9.17) is 4.74 Å². The summed E-state index contributed by atoms with van der Waals surface area (Å²) in [4.78, 5) is 15.3. The molecule has 0 radical (unpaired) electrons. The topological polar surface area (TPSA) is 41.6 Å². The van der Waals surface area contributed by atoms with Crippen molar-refractivity contribution in [1.29, 1.82) is 0 Å². The minimum absolute atomic E-state index is 0.249. The fraction of sp³-hybridized carbons (Fsp3) is 0.346. The Kier molecular flexibility index (Phi) is 6.16. The standard InChI is InChI=1S/C24H24N2O2.C2H6/c1-28-20-10-16-4-2-3-5-21(16)22(12-20)17-6-7-18-15-26(19-13-25-14-19)9-8-24(27)23(18)11-17;1-2/h2-7,10-12,19,25H,8-9,13-15H2,1H3;1-2H3. The number of nitrogens with one attached hydrogen (secondary N) is 1. The smallest absolute Gasteiger partial charge is 0.164 e. The van der Waals surface area contributed by atoms with E-state index in [-0.39, 0.29) is 5.78 Å².